The van der Waals surface area contributed by atoms with E-state index in [9.17, 15) is 0 Å². The largest absolute Gasteiger partial charge is 0.505 e. The maximum atomic E-state index is 6.16. The molecule has 1 fully saturated rings. The quantitative estimate of drug-likeness (QED) is 0.432. The summed E-state index contributed by atoms with van der Waals surface area (Å²) >= 11 is 1.73. The number of hydrogen-bond acceptors (Lipinski definition) is 4. The molecule has 0 unspecified atom stereocenters. The van der Waals surface area contributed by atoms with E-state index < -0.39 is 0 Å². The molecule has 0 radical (unpaired) electrons. The predicted molar refractivity (Wildman–Crippen MR) is 115 cm³/mol. The minimum atomic E-state index is -0.308. The van der Waals surface area contributed by atoms with Crippen LogP contribution in [0, 0.1) is 0 Å². The molecular formula is C22H31BO3S. The Hall–Kier alpha value is -1.30. The van der Waals surface area contributed by atoms with Crippen molar-refractivity contribution in [1.82, 2.24) is 0 Å². The number of rotatable bonds is 8. The van der Waals surface area contributed by atoms with Crippen LogP contribution in [-0.4, -0.2) is 24.9 Å². The first kappa shape index (κ1) is 20.4. The van der Waals surface area contributed by atoms with E-state index in [1.54, 1.807) is 11.3 Å². The predicted octanol–water partition coefficient (Wildman–Crippen LogP) is 5.67. The zero-order chi connectivity index (χ0) is 19.5. The van der Waals surface area contributed by atoms with Gasteiger partial charge in [0.15, 0.2) is 0 Å². The van der Waals surface area contributed by atoms with Crippen LogP contribution < -0.4 is 9.51 Å². The third kappa shape index (κ3) is 4.76. The molecule has 3 rings (SSSR count). The van der Waals surface area contributed by atoms with Crippen molar-refractivity contribution in [2.45, 2.75) is 71.5 Å². The molecule has 3 nitrogen and oxygen atoms in total. The van der Waals surface area contributed by atoms with Gasteiger partial charge in [-0.2, -0.15) is 0 Å². The lowest BCUT2D eigenvalue weighted by molar-refractivity contribution is 0.00578. The Bertz CT molecular complexity index is 720. The van der Waals surface area contributed by atoms with Gasteiger partial charge in [-0.05, 0) is 70.0 Å². The van der Waals surface area contributed by atoms with Gasteiger partial charge in [0.25, 0.3) is 0 Å². The molecule has 1 aromatic heterocycles. The van der Waals surface area contributed by atoms with E-state index in [1.165, 1.54) is 29.7 Å². The summed E-state index contributed by atoms with van der Waals surface area (Å²) in [5.74, 6) is 0.943. The van der Waals surface area contributed by atoms with Gasteiger partial charge >= 0.3 is 7.12 Å². The SMILES string of the molecule is CCCCCCOc1ccc(-c2ccc(B3OC(C)(C)C(C)(C)O3)s2)cc1. The Morgan fingerprint density at radius 2 is 1.56 bits per heavy atom. The van der Waals surface area contributed by atoms with Crippen molar-refractivity contribution in [3.05, 3.63) is 36.4 Å². The van der Waals surface area contributed by atoms with Gasteiger partial charge in [-0.1, -0.05) is 32.3 Å². The minimum Gasteiger partial charge on any atom is -0.494 e. The average molecular weight is 386 g/mol. The fraction of sp³-hybridized carbons (Fsp3) is 0.545. The van der Waals surface area contributed by atoms with Gasteiger partial charge < -0.3 is 14.0 Å². The third-order valence-corrected chi connectivity index (χ3v) is 6.67. The number of thiophene rings is 1. The summed E-state index contributed by atoms with van der Waals surface area (Å²) in [5, 5.41) is 0. The Morgan fingerprint density at radius 3 is 2.19 bits per heavy atom. The normalized spacial score (nSPS) is 18.0. The van der Waals surface area contributed by atoms with E-state index >= 15 is 0 Å². The number of hydrogen-bond donors (Lipinski definition) is 0. The number of unbranched alkanes of at least 4 members (excludes halogenated alkanes) is 3. The summed E-state index contributed by atoms with van der Waals surface area (Å²) in [6, 6.07) is 12.6. The molecule has 0 amide bonds. The molecule has 1 aliphatic heterocycles. The summed E-state index contributed by atoms with van der Waals surface area (Å²) in [7, 11) is -0.292. The van der Waals surface area contributed by atoms with Crippen molar-refractivity contribution in [3.8, 4) is 16.2 Å². The van der Waals surface area contributed by atoms with Crippen LogP contribution >= 0.6 is 11.3 Å². The second kappa shape index (κ2) is 8.38. The fourth-order valence-corrected chi connectivity index (χ4v) is 4.00. The van der Waals surface area contributed by atoms with Gasteiger partial charge in [-0.25, -0.2) is 0 Å². The third-order valence-electron chi connectivity index (χ3n) is 5.52. The molecule has 1 saturated heterocycles. The van der Waals surface area contributed by atoms with Crippen LogP contribution in [0.4, 0.5) is 0 Å². The average Bonchev–Trinajstić information content (AvgIpc) is 3.18. The molecule has 0 bridgehead atoms. The van der Waals surface area contributed by atoms with Gasteiger partial charge in [0, 0.05) is 9.65 Å². The summed E-state index contributed by atoms with van der Waals surface area (Å²) in [5.41, 5.74) is 0.580. The molecule has 2 aromatic rings. The maximum absolute atomic E-state index is 6.16. The van der Waals surface area contributed by atoms with Crippen molar-refractivity contribution in [2.75, 3.05) is 6.61 Å². The molecule has 146 valence electrons. The van der Waals surface area contributed by atoms with Crippen LogP contribution in [0.2, 0.25) is 0 Å². The zero-order valence-corrected chi connectivity index (χ0v) is 18.0. The minimum absolute atomic E-state index is 0.292. The molecule has 0 aliphatic carbocycles. The first-order valence-corrected chi connectivity index (χ1v) is 10.8. The Balaban J connectivity index is 1.60. The molecule has 27 heavy (non-hydrogen) atoms. The molecule has 0 atom stereocenters. The van der Waals surface area contributed by atoms with Crippen LogP contribution in [0.3, 0.4) is 0 Å². The van der Waals surface area contributed by atoms with Crippen molar-refractivity contribution in [1.29, 1.82) is 0 Å². The molecule has 5 heteroatoms. The second-order valence-electron chi connectivity index (χ2n) is 8.22. The van der Waals surface area contributed by atoms with E-state index in [0.29, 0.717) is 0 Å². The summed E-state index contributed by atoms with van der Waals surface area (Å²) in [6.07, 6.45) is 4.90. The number of ether oxygens (including phenoxy) is 1. The zero-order valence-electron chi connectivity index (χ0n) is 17.2. The molecule has 1 aromatic carbocycles. The Kier molecular flexibility index (Phi) is 6.34. The van der Waals surface area contributed by atoms with Crippen LogP contribution in [0.5, 0.6) is 5.75 Å². The van der Waals surface area contributed by atoms with Crippen LogP contribution in [0.1, 0.15) is 60.3 Å². The maximum Gasteiger partial charge on any atom is 0.505 e. The highest BCUT2D eigenvalue weighted by molar-refractivity contribution is 7.25. The van der Waals surface area contributed by atoms with Crippen LogP contribution in [0.25, 0.3) is 10.4 Å². The second-order valence-corrected chi connectivity index (χ2v) is 9.34. The van der Waals surface area contributed by atoms with Gasteiger partial charge in [-0.3, -0.25) is 0 Å². The fourth-order valence-electron chi connectivity index (χ4n) is 3.03. The highest BCUT2D eigenvalue weighted by Gasteiger charge is 2.52. The molecule has 0 N–H and O–H groups in total. The number of benzene rings is 1. The van der Waals surface area contributed by atoms with E-state index in [4.69, 9.17) is 14.0 Å². The van der Waals surface area contributed by atoms with Crippen LogP contribution in [0.15, 0.2) is 36.4 Å². The Labute approximate surface area is 168 Å². The van der Waals surface area contributed by atoms with E-state index in [1.807, 2.05) is 0 Å². The van der Waals surface area contributed by atoms with E-state index in [0.717, 1.165) is 23.6 Å². The van der Waals surface area contributed by atoms with Crippen molar-refractivity contribution in [2.24, 2.45) is 0 Å². The lowest BCUT2D eigenvalue weighted by Crippen LogP contribution is -2.41. The topological polar surface area (TPSA) is 27.7 Å². The van der Waals surface area contributed by atoms with Crippen LogP contribution in [-0.2, 0) is 9.31 Å². The highest BCUT2D eigenvalue weighted by atomic mass is 32.1. The lowest BCUT2D eigenvalue weighted by atomic mass is 9.88. The smallest absolute Gasteiger partial charge is 0.494 e. The van der Waals surface area contributed by atoms with Gasteiger partial charge in [0.2, 0.25) is 0 Å². The first-order chi connectivity index (χ1) is 12.8. The van der Waals surface area contributed by atoms with Crippen molar-refractivity contribution >= 4 is 23.2 Å². The molecule has 2 heterocycles. The molecule has 0 saturated carbocycles. The summed E-state index contributed by atoms with van der Waals surface area (Å²) in [4.78, 5) is 1.22. The molecular weight excluding hydrogens is 355 g/mol. The van der Waals surface area contributed by atoms with Gasteiger partial charge in [0.1, 0.15) is 5.75 Å². The highest BCUT2D eigenvalue weighted by Crippen LogP contribution is 2.37. The monoisotopic (exact) mass is 386 g/mol. The Morgan fingerprint density at radius 1 is 0.889 bits per heavy atom. The first-order valence-electron chi connectivity index (χ1n) is 10.0. The summed E-state index contributed by atoms with van der Waals surface area (Å²) in [6.45, 7) is 11.4. The van der Waals surface area contributed by atoms with E-state index in [-0.39, 0.29) is 18.3 Å². The standard InChI is InChI=1S/C22H31BO3S/c1-6-7-8-9-16-24-18-12-10-17(11-13-18)19-14-15-20(27-19)23-25-21(2,3)22(4,5)26-23/h10-15H,6-9,16H2,1-5H3. The molecule has 0 spiro atoms. The van der Waals surface area contributed by atoms with Gasteiger partial charge in [0.05, 0.1) is 17.8 Å². The van der Waals surface area contributed by atoms with Crippen molar-refractivity contribution < 1.29 is 14.0 Å². The lowest BCUT2D eigenvalue weighted by Gasteiger charge is -2.32. The van der Waals surface area contributed by atoms with Crippen molar-refractivity contribution in [3.63, 3.8) is 0 Å². The van der Waals surface area contributed by atoms with E-state index in [2.05, 4.69) is 71.0 Å². The van der Waals surface area contributed by atoms with Gasteiger partial charge in [-0.15, -0.1) is 11.3 Å². The molecule has 1 aliphatic rings. The summed E-state index contributed by atoms with van der Waals surface area (Å²) < 4.78 is 19.3.